The molecule has 1 aromatic rings. The van der Waals surface area contributed by atoms with Crippen LogP contribution in [-0.4, -0.2) is 44.3 Å². The Morgan fingerprint density at radius 3 is 3.12 bits per heavy atom. The Morgan fingerprint density at radius 1 is 1.65 bits per heavy atom. The maximum Gasteiger partial charge on any atom is 0.414 e. The fraction of sp³-hybridized carbons (Fsp3) is 0.667. The molecule has 1 fully saturated rings. The Morgan fingerprint density at radius 2 is 2.41 bits per heavy atom. The van der Waals surface area contributed by atoms with E-state index in [1.807, 2.05) is 5.01 Å². The van der Waals surface area contributed by atoms with E-state index in [4.69, 9.17) is 14.0 Å². The number of morpholine rings is 1. The van der Waals surface area contributed by atoms with Gasteiger partial charge in [0.25, 0.3) is 6.20 Å². The summed E-state index contributed by atoms with van der Waals surface area (Å²) in [6.45, 7) is 4.81. The molecule has 0 saturated carbocycles. The van der Waals surface area contributed by atoms with Gasteiger partial charge in [-0.05, 0) is 6.92 Å². The first kappa shape index (κ1) is 11.6. The molecule has 94 valence electrons. The van der Waals surface area contributed by atoms with E-state index in [0.717, 1.165) is 13.1 Å². The lowest BCUT2D eigenvalue weighted by molar-refractivity contribution is -0.759. The molecule has 1 saturated heterocycles. The van der Waals surface area contributed by atoms with Crippen molar-refractivity contribution >= 4 is 12.0 Å². The van der Waals surface area contributed by atoms with Gasteiger partial charge in [-0.2, -0.15) is 0 Å². The predicted molar refractivity (Wildman–Crippen MR) is 56.1 cm³/mol. The summed E-state index contributed by atoms with van der Waals surface area (Å²) in [6.07, 6.45) is 1.03. The number of aromatic nitrogens is 2. The van der Waals surface area contributed by atoms with Crippen molar-refractivity contribution in [2.45, 2.75) is 6.92 Å². The molecule has 0 aromatic carbocycles. The van der Waals surface area contributed by atoms with Crippen LogP contribution in [0.2, 0.25) is 0 Å². The number of nitrogens with zero attached hydrogens (tertiary/aromatic N) is 3. The van der Waals surface area contributed by atoms with E-state index in [-0.39, 0.29) is 5.88 Å². The van der Waals surface area contributed by atoms with Crippen molar-refractivity contribution in [1.82, 2.24) is 5.27 Å². The van der Waals surface area contributed by atoms with Gasteiger partial charge in [0.05, 0.1) is 37.7 Å². The minimum atomic E-state index is -0.558. The molecule has 0 spiro atoms. The van der Waals surface area contributed by atoms with Crippen LogP contribution in [0, 0.1) is 0 Å². The first-order valence-corrected chi connectivity index (χ1v) is 5.45. The van der Waals surface area contributed by atoms with Gasteiger partial charge in [0.15, 0.2) is 0 Å². The molecule has 1 N–H and O–H groups in total. The van der Waals surface area contributed by atoms with E-state index in [9.17, 15) is 4.79 Å². The number of rotatable bonds is 3. The van der Waals surface area contributed by atoms with Gasteiger partial charge in [-0.1, -0.05) is 0 Å². The fourth-order valence-electron chi connectivity index (χ4n) is 1.45. The van der Waals surface area contributed by atoms with Crippen molar-refractivity contribution in [3.63, 3.8) is 0 Å². The van der Waals surface area contributed by atoms with Crippen LogP contribution in [0.15, 0.2) is 10.7 Å². The number of nitrogens with one attached hydrogen (secondary N) is 1. The van der Waals surface area contributed by atoms with Crippen molar-refractivity contribution < 1.29 is 23.6 Å². The number of anilines is 1. The summed E-state index contributed by atoms with van der Waals surface area (Å²) < 4.78 is 14.9. The van der Waals surface area contributed by atoms with Gasteiger partial charge in [-0.3, -0.25) is 9.84 Å². The maximum absolute atomic E-state index is 11.1. The van der Waals surface area contributed by atoms with Gasteiger partial charge in [0.1, 0.15) is 0 Å². The van der Waals surface area contributed by atoms with E-state index in [2.05, 4.69) is 10.6 Å². The zero-order valence-corrected chi connectivity index (χ0v) is 9.59. The number of ether oxygens (including phenoxy) is 2. The minimum absolute atomic E-state index is 0.245. The van der Waals surface area contributed by atoms with Crippen molar-refractivity contribution in [3.05, 3.63) is 6.20 Å². The Balaban J connectivity index is 1.93. The number of amides is 1. The summed E-state index contributed by atoms with van der Waals surface area (Å²) in [5.74, 6) is 0.245. The molecule has 17 heavy (non-hydrogen) atoms. The monoisotopic (exact) mass is 246 g/mol. The molecule has 8 heteroatoms. The lowest BCUT2D eigenvalue weighted by atomic mass is 10.5. The normalized spacial score (nSPS) is 15.7. The van der Waals surface area contributed by atoms with Crippen LogP contribution in [0.5, 0.6) is 0 Å². The number of hydrogen-bond acceptors (Lipinski definition) is 6. The number of carbonyl (C=O) groups is 1. The number of hydrogen-bond donors (Lipinski definition) is 1. The van der Waals surface area contributed by atoms with Crippen LogP contribution in [-0.2, 0) is 9.47 Å². The Hall–Kier alpha value is -1.83. The van der Waals surface area contributed by atoms with Crippen LogP contribution in [0.1, 0.15) is 6.92 Å². The van der Waals surface area contributed by atoms with Gasteiger partial charge >= 0.3 is 12.0 Å². The minimum Gasteiger partial charge on any atom is -0.450 e. The van der Waals surface area contributed by atoms with E-state index in [1.165, 1.54) is 0 Å². The number of carbonyl (C=O) groups excluding carboxylic acids is 1. The van der Waals surface area contributed by atoms with Crippen LogP contribution < -0.4 is 15.1 Å². The summed E-state index contributed by atoms with van der Waals surface area (Å²) in [4.78, 5) is 12.7. The molecular weight excluding hydrogens is 231 g/mol. The summed E-state index contributed by atoms with van der Waals surface area (Å²) in [5, 5.41) is 8.18. The smallest absolute Gasteiger partial charge is 0.414 e. The molecule has 1 aromatic heterocycles. The van der Waals surface area contributed by atoms with Crippen molar-refractivity contribution in [2.75, 3.05) is 43.2 Å². The molecule has 1 aliphatic rings. The third kappa shape index (κ3) is 3.06. The SMILES string of the molecule is CCOC(=O)[15NH]c1c[15n+](N2CCOCC2)[15n]o1. The van der Waals surface area contributed by atoms with E-state index >= 15 is 0 Å². The Labute approximate surface area is 98.0 Å². The van der Waals surface area contributed by atoms with Crippen LogP contribution in [0.4, 0.5) is 10.7 Å². The topological polar surface area (TPSA) is 80.7 Å². The first-order chi connectivity index (χ1) is 8.29. The molecule has 2 rings (SSSR count). The average molecular weight is 246 g/mol. The fourth-order valence-corrected chi connectivity index (χ4v) is 1.45. The summed E-state index contributed by atoms with van der Waals surface area (Å²) in [6, 6.07) is 0. The highest BCUT2D eigenvalue weighted by molar-refractivity contribution is 5.82. The zero-order chi connectivity index (χ0) is 12.1. The molecule has 0 unspecified atom stereocenters. The Kier molecular flexibility index (Phi) is 3.76. The molecule has 8 nitrogen and oxygen atoms in total. The molecule has 1 aliphatic heterocycles. The second-order valence-electron chi connectivity index (χ2n) is 3.40. The van der Waals surface area contributed by atoms with Gasteiger partial charge in [-0.15, -0.1) is 5.01 Å². The Bertz CT molecular complexity index is 375. The first-order valence-electron chi connectivity index (χ1n) is 5.45. The van der Waals surface area contributed by atoms with Gasteiger partial charge in [-0.25, -0.2) is 4.79 Å². The predicted octanol–water partition coefficient (Wildman–Crippen LogP) is -0.501. The van der Waals surface area contributed by atoms with Crippen LogP contribution in [0.25, 0.3) is 0 Å². The van der Waals surface area contributed by atoms with Crippen LogP contribution >= 0.6 is 0 Å². The van der Waals surface area contributed by atoms with E-state index < -0.39 is 6.09 Å². The second kappa shape index (κ2) is 5.48. The molecule has 0 aliphatic carbocycles. The average Bonchev–Trinajstić information content (AvgIpc) is 2.79. The quantitative estimate of drug-likeness (QED) is 0.572. The zero-order valence-electron chi connectivity index (χ0n) is 9.59. The lowest BCUT2D eigenvalue weighted by Crippen LogP contribution is -2.62. The summed E-state index contributed by atoms with van der Waals surface area (Å²) in [7, 11) is 0. The molecule has 0 atom stereocenters. The van der Waals surface area contributed by atoms with Gasteiger partial charge in [0, 0.05) is 0 Å². The molecule has 0 radical (unpaired) electrons. The van der Waals surface area contributed by atoms with Gasteiger partial charge in [0.2, 0.25) is 5.27 Å². The van der Waals surface area contributed by atoms with Crippen molar-refractivity contribution in [1.29, 1.82) is 0 Å². The van der Waals surface area contributed by atoms with Crippen molar-refractivity contribution in [2.24, 2.45) is 0 Å². The third-order valence-electron chi connectivity index (χ3n) is 2.23. The van der Waals surface area contributed by atoms with E-state index in [0.29, 0.717) is 19.8 Å². The van der Waals surface area contributed by atoms with Crippen LogP contribution in [0.3, 0.4) is 0 Å². The van der Waals surface area contributed by atoms with Gasteiger partial charge < -0.3 is 9.47 Å². The molecular formula is C9H15N4O4+. The molecule has 2 heterocycles. The summed E-state index contributed by atoms with van der Waals surface area (Å²) in [5.41, 5.74) is 0. The highest BCUT2D eigenvalue weighted by atomic mass is 16.8. The molecule has 1 amide bonds. The summed E-state index contributed by atoms with van der Waals surface area (Å²) >= 11 is 0. The highest BCUT2D eigenvalue weighted by Gasteiger charge is 2.23. The largest absolute Gasteiger partial charge is 0.450 e. The van der Waals surface area contributed by atoms with E-state index in [1.54, 1.807) is 17.9 Å². The maximum atomic E-state index is 11.1. The second-order valence-corrected chi connectivity index (χ2v) is 3.40. The standard InChI is InChI=1S/C9H14N4O4/c1-2-16-9(14)10-8-7-13(11-17-8)12-3-5-15-6-4-12/h7H,2-6H2,1H3/p+1/i10+1,11+1,13+1. The third-order valence-corrected chi connectivity index (χ3v) is 2.23. The van der Waals surface area contributed by atoms with Crippen molar-refractivity contribution in [3.8, 4) is 0 Å². The highest BCUT2D eigenvalue weighted by Crippen LogP contribution is 2.01. The molecule has 0 bridgehead atoms. The lowest BCUT2D eigenvalue weighted by Gasteiger charge is -2.18.